The fraction of sp³-hybridized carbons (Fsp3) is 0.182. The predicted molar refractivity (Wildman–Crippen MR) is 113 cm³/mol. The van der Waals surface area contributed by atoms with Crippen LogP contribution in [0.25, 0.3) is 0 Å². The second-order valence-corrected chi connectivity index (χ2v) is 7.88. The Kier molecular flexibility index (Phi) is 4.98. The first-order valence-electron chi connectivity index (χ1n) is 9.14. The molecule has 0 saturated heterocycles. The third kappa shape index (κ3) is 3.56. The standard InChI is InChI=1S/C22H20N2O4S/c1-12-19-15(13-8-9-17(28-2)16(25)10-13)11-18(26)24-22(19)29-20(12)21(27)23-14-6-4-3-5-7-14/h3-10,15,25H,11H2,1-2H3,(H,23,27)(H,24,26). The first kappa shape index (κ1) is 19.0. The van der Waals surface area contributed by atoms with Crippen molar-refractivity contribution in [2.75, 3.05) is 17.7 Å². The molecule has 1 aliphatic rings. The van der Waals surface area contributed by atoms with Crippen LogP contribution in [-0.2, 0) is 4.79 Å². The average Bonchev–Trinajstić information content (AvgIpc) is 3.04. The molecule has 6 nitrogen and oxygen atoms in total. The van der Waals surface area contributed by atoms with Crippen LogP contribution in [-0.4, -0.2) is 24.0 Å². The lowest BCUT2D eigenvalue weighted by Crippen LogP contribution is -2.22. The van der Waals surface area contributed by atoms with Crippen molar-refractivity contribution in [3.63, 3.8) is 0 Å². The van der Waals surface area contributed by atoms with Gasteiger partial charge in [-0.2, -0.15) is 0 Å². The molecular formula is C22H20N2O4S. The van der Waals surface area contributed by atoms with Crippen molar-refractivity contribution < 1.29 is 19.4 Å². The van der Waals surface area contributed by atoms with Crippen LogP contribution < -0.4 is 15.4 Å². The smallest absolute Gasteiger partial charge is 0.266 e. The third-order valence-electron chi connectivity index (χ3n) is 5.03. The van der Waals surface area contributed by atoms with Crippen LogP contribution in [0.3, 0.4) is 0 Å². The maximum atomic E-state index is 12.8. The summed E-state index contributed by atoms with van der Waals surface area (Å²) in [7, 11) is 1.49. The van der Waals surface area contributed by atoms with Crippen LogP contribution in [0.1, 0.15) is 38.7 Å². The molecule has 4 rings (SSSR count). The van der Waals surface area contributed by atoms with Gasteiger partial charge in [0.25, 0.3) is 5.91 Å². The van der Waals surface area contributed by atoms with Crippen LogP contribution in [0, 0.1) is 6.92 Å². The highest BCUT2D eigenvalue weighted by atomic mass is 32.1. The SMILES string of the molecule is COc1ccc(C2CC(=O)Nc3sc(C(=O)Nc4ccccc4)c(C)c32)cc1O. The molecular weight excluding hydrogens is 388 g/mol. The van der Waals surface area contributed by atoms with E-state index in [-0.39, 0.29) is 29.9 Å². The van der Waals surface area contributed by atoms with Crippen molar-refractivity contribution in [3.05, 3.63) is 70.1 Å². The number of rotatable bonds is 4. The van der Waals surface area contributed by atoms with Crippen molar-refractivity contribution >= 4 is 33.8 Å². The topological polar surface area (TPSA) is 87.7 Å². The highest BCUT2D eigenvalue weighted by Crippen LogP contribution is 2.46. The molecule has 2 amide bonds. The molecule has 1 atom stereocenters. The minimum absolute atomic E-state index is 0.0208. The van der Waals surface area contributed by atoms with E-state index in [1.807, 2.05) is 43.3 Å². The van der Waals surface area contributed by atoms with Crippen LogP contribution >= 0.6 is 11.3 Å². The molecule has 0 bridgehead atoms. The van der Waals surface area contributed by atoms with E-state index in [2.05, 4.69) is 10.6 Å². The zero-order valence-electron chi connectivity index (χ0n) is 16.0. The largest absolute Gasteiger partial charge is 0.504 e. The van der Waals surface area contributed by atoms with Crippen molar-refractivity contribution in [3.8, 4) is 11.5 Å². The minimum Gasteiger partial charge on any atom is -0.504 e. The van der Waals surface area contributed by atoms with Gasteiger partial charge in [-0.05, 0) is 47.9 Å². The molecule has 7 heteroatoms. The summed E-state index contributed by atoms with van der Waals surface area (Å²) in [4.78, 5) is 25.7. The minimum atomic E-state index is -0.245. The Morgan fingerprint density at radius 3 is 2.69 bits per heavy atom. The van der Waals surface area contributed by atoms with E-state index in [9.17, 15) is 14.7 Å². The van der Waals surface area contributed by atoms with Crippen LogP contribution in [0.15, 0.2) is 48.5 Å². The molecule has 3 aromatic rings. The molecule has 0 fully saturated rings. The summed E-state index contributed by atoms with van der Waals surface area (Å²) in [5, 5.41) is 16.6. The Hall–Kier alpha value is -3.32. The number of aromatic hydroxyl groups is 1. The van der Waals surface area contributed by atoms with Gasteiger partial charge in [-0.25, -0.2) is 0 Å². The molecule has 1 unspecified atom stereocenters. The van der Waals surface area contributed by atoms with Crippen molar-refractivity contribution in [2.45, 2.75) is 19.3 Å². The molecule has 29 heavy (non-hydrogen) atoms. The number of anilines is 2. The van der Waals surface area contributed by atoms with E-state index in [0.717, 1.165) is 16.7 Å². The van der Waals surface area contributed by atoms with Gasteiger partial charge < -0.3 is 20.5 Å². The van der Waals surface area contributed by atoms with E-state index in [4.69, 9.17) is 4.74 Å². The first-order valence-corrected chi connectivity index (χ1v) is 9.96. The highest BCUT2D eigenvalue weighted by molar-refractivity contribution is 7.18. The van der Waals surface area contributed by atoms with Gasteiger partial charge in [0.2, 0.25) is 5.91 Å². The number of fused-ring (bicyclic) bond motifs is 1. The summed E-state index contributed by atoms with van der Waals surface area (Å²) in [6, 6.07) is 14.4. The zero-order valence-corrected chi connectivity index (χ0v) is 16.8. The van der Waals surface area contributed by atoms with Crippen LogP contribution in [0.4, 0.5) is 10.7 Å². The van der Waals surface area contributed by atoms with Crippen molar-refractivity contribution in [1.82, 2.24) is 0 Å². The Balaban J connectivity index is 1.72. The van der Waals surface area contributed by atoms with Gasteiger partial charge in [-0.3, -0.25) is 9.59 Å². The average molecular weight is 408 g/mol. The lowest BCUT2D eigenvalue weighted by molar-refractivity contribution is -0.116. The number of amides is 2. The van der Waals surface area contributed by atoms with E-state index < -0.39 is 0 Å². The molecule has 2 heterocycles. The molecule has 0 spiro atoms. The maximum absolute atomic E-state index is 12.8. The number of hydrogen-bond acceptors (Lipinski definition) is 5. The number of carbonyl (C=O) groups excluding carboxylic acids is 2. The molecule has 0 radical (unpaired) electrons. The summed E-state index contributed by atoms with van der Waals surface area (Å²) in [5.74, 6) is -0.176. The molecule has 3 N–H and O–H groups in total. The second kappa shape index (κ2) is 7.60. The number of ether oxygens (including phenoxy) is 1. The number of carbonyl (C=O) groups is 2. The number of hydrogen-bond donors (Lipinski definition) is 3. The monoisotopic (exact) mass is 408 g/mol. The van der Waals surface area contributed by atoms with Gasteiger partial charge in [0.15, 0.2) is 11.5 Å². The summed E-state index contributed by atoms with van der Waals surface area (Å²) in [5.41, 5.74) is 3.26. The quantitative estimate of drug-likeness (QED) is 0.593. The zero-order chi connectivity index (χ0) is 20.5. The van der Waals surface area contributed by atoms with Crippen LogP contribution in [0.2, 0.25) is 0 Å². The van der Waals surface area contributed by atoms with E-state index in [0.29, 0.717) is 21.3 Å². The summed E-state index contributed by atoms with van der Waals surface area (Å²) in [6.07, 6.45) is 0.246. The second-order valence-electron chi connectivity index (χ2n) is 6.86. The van der Waals surface area contributed by atoms with Crippen LogP contribution in [0.5, 0.6) is 11.5 Å². The van der Waals surface area contributed by atoms with Gasteiger partial charge in [0, 0.05) is 18.0 Å². The lowest BCUT2D eigenvalue weighted by Gasteiger charge is -2.24. The van der Waals surface area contributed by atoms with Gasteiger partial charge in [0.05, 0.1) is 17.0 Å². The Bertz CT molecular complexity index is 1090. The van der Waals surface area contributed by atoms with Gasteiger partial charge >= 0.3 is 0 Å². The molecule has 1 aliphatic heterocycles. The number of phenolic OH excluding ortho intramolecular Hbond substituents is 1. The Morgan fingerprint density at radius 2 is 2.00 bits per heavy atom. The fourth-order valence-electron chi connectivity index (χ4n) is 3.64. The molecule has 2 aromatic carbocycles. The fourth-order valence-corrected chi connectivity index (χ4v) is 4.82. The Morgan fingerprint density at radius 1 is 1.24 bits per heavy atom. The van der Waals surface area contributed by atoms with Crippen molar-refractivity contribution in [1.29, 1.82) is 0 Å². The predicted octanol–water partition coefficient (Wildman–Crippen LogP) is 4.50. The number of para-hydroxylation sites is 1. The normalized spacial score (nSPS) is 15.4. The number of thiophene rings is 1. The highest BCUT2D eigenvalue weighted by Gasteiger charge is 2.33. The molecule has 0 aliphatic carbocycles. The summed E-state index contributed by atoms with van der Waals surface area (Å²) < 4.78 is 5.11. The maximum Gasteiger partial charge on any atom is 0.266 e. The summed E-state index contributed by atoms with van der Waals surface area (Å²) in [6.45, 7) is 1.89. The number of nitrogens with one attached hydrogen (secondary N) is 2. The van der Waals surface area contributed by atoms with E-state index >= 15 is 0 Å². The number of benzene rings is 2. The van der Waals surface area contributed by atoms with E-state index in [1.165, 1.54) is 18.4 Å². The number of phenols is 1. The molecule has 1 aromatic heterocycles. The van der Waals surface area contributed by atoms with Crippen molar-refractivity contribution in [2.24, 2.45) is 0 Å². The number of methoxy groups -OCH3 is 1. The van der Waals surface area contributed by atoms with E-state index in [1.54, 1.807) is 12.1 Å². The molecule has 0 saturated carbocycles. The van der Waals surface area contributed by atoms with Gasteiger partial charge in [-0.1, -0.05) is 24.3 Å². The molecule has 148 valence electrons. The lowest BCUT2D eigenvalue weighted by atomic mass is 9.84. The third-order valence-corrected chi connectivity index (χ3v) is 6.25. The van der Waals surface area contributed by atoms with Gasteiger partial charge in [0.1, 0.15) is 0 Å². The first-order chi connectivity index (χ1) is 14.0. The Labute approximate surface area is 172 Å². The summed E-state index contributed by atoms with van der Waals surface area (Å²) >= 11 is 1.27. The van der Waals surface area contributed by atoms with Gasteiger partial charge in [-0.15, -0.1) is 11.3 Å².